The summed E-state index contributed by atoms with van der Waals surface area (Å²) in [6.45, 7) is 2.28. The summed E-state index contributed by atoms with van der Waals surface area (Å²) in [6.07, 6.45) is 5.70. The Bertz CT molecular complexity index is 544. The molecule has 112 valence electrons. The number of carbonyl (C=O) groups is 2. The molecule has 1 aromatic carbocycles. The summed E-state index contributed by atoms with van der Waals surface area (Å²) in [6, 6.07) is 8.04. The highest BCUT2D eigenvalue weighted by Crippen LogP contribution is 2.35. The van der Waals surface area contributed by atoms with Gasteiger partial charge in [0.2, 0.25) is 5.91 Å². The Balaban J connectivity index is 1.86. The maximum atomic E-state index is 12.8. The summed E-state index contributed by atoms with van der Waals surface area (Å²) in [4.78, 5) is 26.5. The Morgan fingerprint density at radius 2 is 1.81 bits per heavy atom. The molecular formula is C17H22N2O2. The molecule has 3 rings (SSSR count). The van der Waals surface area contributed by atoms with E-state index in [-0.39, 0.29) is 18.4 Å². The molecule has 1 heterocycles. The molecule has 21 heavy (non-hydrogen) atoms. The number of piperazine rings is 1. The summed E-state index contributed by atoms with van der Waals surface area (Å²) in [7, 11) is 0. The molecule has 1 aliphatic carbocycles. The lowest BCUT2D eigenvalue weighted by Crippen LogP contribution is -2.65. The zero-order valence-electron chi connectivity index (χ0n) is 12.5. The van der Waals surface area contributed by atoms with E-state index in [1.807, 2.05) is 12.1 Å². The van der Waals surface area contributed by atoms with E-state index in [0.29, 0.717) is 0 Å². The number of anilines is 1. The monoisotopic (exact) mass is 286 g/mol. The molecule has 1 aromatic rings. The topological polar surface area (TPSA) is 49.4 Å². The van der Waals surface area contributed by atoms with Crippen molar-refractivity contribution >= 4 is 17.5 Å². The molecule has 1 aliphatic heterocycles. The molecule has 1 saturated heterocycles. The van der Waals surface area contributed by atoms with Crippen LogP contribution in [0, 0.1) is 0 Å². The first-order valence-corrected chi connectivity index (χ1v) is 7.86. The van der Waals surface area contributed by atoms with Gasteiger partial charge in [0, 0.05) is 5.69 Å². The number of aryl methyl sites for hydroxylation is 1. The van der Waals surface area contributed by atoms with Gasteiger partial charge in [0.1, 0.15) is 12.1 Å². The van der Waals surface area contributed by atoms with E-state index in [4.69, 9.17) is 0 Å². The molecule has 1 spiro atoms. The second kappa shape index (κ2) is 5.51. The van der Waals surface area contributed by atoms with E-state index in [1.54, 1.807) is 4.90 Å². The van der Waals surface area contributed by atoms with Crippen molar-refractivity contribution in [2.75, 3.05) is 11.4 Å². The Morgan fingerprint density at radius 3 is 2.43 bits per heavy atom. The second-order valence-corrected chi connectivity index (χ2v) is 6.15. The number of nitrogens with one attached hydrogen (secondary N) is 1. The Labute approximate surface area is 125 Å². The van der Waals surface area contributed by atoms with Gasteiger partial charge < -0.3 is 10.2 Å². The fourth-order valence-electron chi connectivity index (χ4n) is 3.49. The minimum Gasteiger partial charge on any atom is -0.340 e. The molecule has 0 bridgehead atoms. The maximum Gasteiger partial charge on any atom is 0.253 e. The highest BCUT2D eigenvalue weighted by molar-refractivity contribution is 6.09. The van der Waals surface area contributed by atoms with Gasteiger partial charge >= 0.3 is 0 Å². The van der Waals surface area contributed by atoms with Crippen LogP contribution in [0.15, 0.2) is 24.3 Å². The van der Waals surface area contributed by atoms with Crippen LogP contribution in [-0.4, -0.2) is 23.9 Å². The summed E-state index contributed by atoms with van der Waals surface area (Å²) >= 11 is 0. The van der Waals surface area contributed by atoms with Crippen molar-refractivity contribution in [1.29, 1.82) is 0 Å². The normalized spacial score (nSPS) is 20.9. The average molecular weight is 286 g/mol. The minimum atomic E-state index is -0.641. The van der Waals surface area contributed by atoms with Crippen LogP contribution in [0.4, 0.5) is 5.69 Å². The zero-order valence-corrected chi connectivity index (χ0v) is 12.5. The van der Waals surface area contributed by atoms with Gasteiger partial charge in [-0.15, -0.1) is 0 Å². The van der Waals surface area contributed by atoms with Crippen LogP contribution in [0.2, 0.25) is 0 Å². The van der Waals surface area contributed by atoms with Crippen LogP contribution in [0.5, 0.6) is 0 Å². The number of nitrogens with zero attached hydrogens (tertiary/aromatic N) is 1. The smallest absolute Gasteiger partial charge is 0.253 e. The van der Waals surface area contributed by atoms with Gasteiger partial charge in [-0.3, -0.25) is 9.59 Å². The number of hydrogen-bond acceptors (Lipinski definition) is 2. The highest BCUT2D eigenvalue weighted by atomic mass is 16.2. The van der Waals surface area contributed by atoms with Crippen LogP contribution in [0.3, 0.4) is 0 Å². The molecule has 2 fully saturated rings. The average Bonchev–Trinajstić information content (AvgIpc) is 2.93. The zero-order chi connectivity index (χ0) is 14.9. The number of hydrogen-bond donors (Lipinski definition) is 1. The standard InChI is InChI=1S/C17H22N2O2/c1-2-5-13-6-8-14(9-7-13)19-12-15(20)18-17(16(19)21)10-3-4-11-17/h6-9H,2-5,10-12H2,1H3,(H,18,20). The van der Waals surface area contributed by atoms with Crippen LogP contribution in [-0.2, 0) is 16.0 Å². The largest absolute Gasteiger partial charge is 0.340 e. The van der Waals surface area contributed by atoms with Gasteiger partial charge in [-0.1, -0.05) is 38.3 Å². The first-order valence-electron chi connectivity index (χ1n) is 7.86. The molecule has 1 saturated carbocycles. The van der Waals surface area contributed by atoms with Crippen molar-refractivity contribution in [3.63, 3.8) is 0 Å². The molecular weight excluding hydrogens is 264 g/mol. The molecule has 4 nitrogen and oxygen atoms in total. The molecule has 1 N–H and O–H groups in total. The van der Waals surface area contributed by atoms with Crippen molar-refractivity contribution < 1.29 is 9.59 Å². The van der Waals surface area contributed by atoms with Gasteiger partial charge in [-0.25, -0.2) is 0 Å². The molecule has 2 aliphatic rings. The van der Waals surface area contributed by atoms with Crippen molar-refractivity contribution in [2.45, 2.75) is 51.0 Å². The fraction of sp³-hybridized carbons (Fsp3) is 0.529. The van der Waals surface area contributed by atoms with Gasteiger partial charge in [-0.05, 0) is 37.0 Å². The number of amides is 2. The van der Waals surface area contributed by atoms with E-state index in [1.165, 1.54) is 5.56 Å². The molecule has 0 unspecified atom stereocenters. The second-order valence-electron chi connectivity index (χ2n) is 6.15. The molecule has 0 aromatic heterocycles. The molecule has 0 radical (unpaired) electrons. The van der Waals surface area contributed by atoms with Gasteiger partial charge in [-0.2, -0.15) is 0 Å². The predicted molar refractivity (Wildman–Crippen MR) is 82.1 cm³/mol. The SMILES string of the molecule is CCCc1ccc(N2CC(=O)NC3(CCCC3)C2=O)cc1. The van der Waals surface area contributed by atoms with Gasteiger partial charge in [0.15, 0.2) is 0 Å². The lowest BCUT2D eigenvalue weighted by atomic mass is 9.92. The third kappa shape index (κ3) is 2.55. The molecule has 2 amide bonds. The van der Waals surface area contributed by atoms with E-state index in [9.17, 15) is 9.59 Å². The van der Waals surface area contributed by atoms with E-state index < -0.39 is 5.54 Å². The number of rotatable bonds is 3. The van der Waals surface area contributed by atoms with Gasteiger partial charge in [0.05, 0.1) is 0 Å². The van der Waals surface area contributed by atoms with E-state index >= 15 is 0 Å². The van der Waals surface area contributed by atoms with Crippen LogP contribution >= 0.6 is 0 Å². The van der Waals surface area contributed by atoms with Gasteiger partial charge in [0.25, 0.3) is 5.91 Å². The Hall–Kier alpha value is -1.84. The summed E-state index contributed by atoms with van der Waals surface area (Å²) in [5.74, 6) is 0.0111. The highest BCUT2D eigenvalue weighted by Gasteiger charge is 2.48. The summed E-state index contributed by atoms with van der Waals surface area (Å²) in [5, 5.41) is 2.94. The third-order valence-corrected chi connectivity index (χ3v) is 4.58. The van der Waals surface area contributed by atoms with Crippen molar-refractivity contribution in [2.24, 2.45) is 0 Å². The van der Waals surface area contributed by atoms with E-state index in [0.717, 1.165) is 44.2 Å². The molecule has 0 atom stereocenters. The Kier molecular flexibility index (Phi) is 3.70. The number of benzene rings is 1. The quantitative estimate of drug-likeness (QED) is 0.927. The van der Waals surface area contributed by atoms with Crippen molar-refractivity contribution in [3.8, 4) is 0 Å². The maximum absolute atomic E-state index is 12.8. The van der Waals surface area contributed by atoms with Crippen LogP contribution in [0.25, 0.3) is 0 Å². The van der Waals surface area contributed by atoms with E-state index in [2.05, 4.69) is 24.4 Å². The summed E-state index contributed by atoms with van der Waals surface area (Å²) < 4.78 is 0. The predicted octanol–water partition coefficient (Wildman–Crippen LogP) is 2.41. The lowest BCUT2D eigenvalue weighted by molar-refractivity contribution is -0.135. The van der Waals surface area contributed by atoms with Crippen molar-refractivity contribution in [1.82, 2.24) is 5.32 Å². The lowest BCUT2D eigenvalue weighted by Gasteiger charge is -2.39. The first kappa shape index (κ1) is 14.1. The minimum absolute atomic E-state index is 0.0471. The van der Waals surface area contributed by atoms with Crippen LogP contribution < -0.4 is 10.2 Å². The number of carbonyl (C=O) groups excluding carboxylic acids is 2. The fourth-order valence-corrected chi connectivity index (χ4v) is 3.49. The Morgan fingerprint density at radius 1 is 1.14 bits per heavy atom. The summed E-state index contributed by atoms with van der Waals surface area (Å²) in [5.41, 5.74) is 1.46. The third-order valence-electron chi connectivity index (χ3n) is 4.58. The van der Waals surface area contributed by atoms with Crippen LogP contribution in [0.1, 0.15) is 44.6 Å². The molecule has 4 heteroatoms. The first-order chi connectivity index (χ1) is 10.1. The van der Waals surface area contributed by atoms with Crippen molar-refractivity contribution in [3.05, 3.63) is 29.8 Å².